The lowest BCUT2D eigenvalue weighted by atomic mass is 10.0. The molecule has 3 aliphatic heterocycles. The Balaban J connectivity index is 1.23. The van der Waals surface area contributed by atoms with E-state index in [9.17, 15) is 0 Å². The largest absolute Gasteiger partial charge is 0.489 e. The maximum atomic E-state index is 6.25. The summed E-state index contributed by atoms with van der Waals surface area (Å²) in [7, 11) is 0. The van der Waals surface area contributed by atoms with Crippen LogP contribution >= 0.6 is 0 Å². The molecule has 0 radical (unpaired) electrons. The van der Waals surface area contributed by atoms with Crippen molar-refractivity contribution in [3.8, 4) is 0 Å². The molecule has 0 spiro atoms. The fraction of sp³-hybridized carbons (Fsp3) is 0.0976. The Bertz CT molecular complexity index is 1880. The molecule has 4 aromatic carbocycles. The fourth-order valence-corrected chi connectivity index (χ4v) is 5.93. The van der Waals surface area contributed by atoms with Gasteiger partial charge in [0.1, 0.15) is 18.2 Å². The van der Waals surface area contributed by atoms with Gasteiger partial charge in [0.2, 0.25) is 0 Å². The first-order chi connectivity index (χ1) is 22.2. The molecule has 7 rings (SSSR count). The third-order valence-electron chi connectivity index (χ3n) is 8.28. The van der Waals surface area contributed by atoms with Crippen molar-refractivity contribution in [1.29, 1.82) is 0 Å². The fourth-order valence-electron chi connectivity index (χ4n) is 5.93. The van der Waals surface area contributed by atoms with Crippen LogP contribution in [0.1, 0.15) is 28.3 Å². The molecule has 45 heavy (non-hydrogen) atoms. The van der Waals surface area contributed by atoms with Gasteiger partial charge in [-0.1, -0.05) is 122 Å². The van der Waals surface area contributed by atoms with E-state index in [0.29, 0.717) is 13.2 Å². The number of rotatable bonds is 4. The molecule has 4 heteroatoms. The van der Waals surface area contributed by atoms with E-state index in [1.807, 2.05) is 42.5 Å². The van der Waals surface area contributed by atoms with Crippen LogP contribution in [0.5, 0.6) is 0 Å². The van der Waals surface area contributed by atoms with Crippen molar-refractivity contribution in [2.45, 2.75) is 12.5 Å². The van der Waals surface area contributed by atoms with Crippen molar-refractivity contribution in [3.05, 3.63) is 197 Å². The second-order valence-corrected chi connectivity index (χ2v) is 11.2. The van der Waals surface area contributed by atoms with E-state index in [1.165, 1.54) is 11.3 Å². The number of fused-ring (bicyclic) bond motifs is 2. The van der Waals surface area contributed by atoms with Gasteiger partial charge in [-0.05, 0) is 65.1 Å². The summed E-state index contributed by atoms with van der Waals surface area (Å²) in [4.78, 5) is 7.44. The number of hydrogen-bond acceptors (Lipinski definition) is 4. The van der Waals surface area contributed by atoms with Crippen molar-refractivity contribution in [2.24, 2.45) is 4.99 Å². The number of nitrogens with one attached hydrogen (secondary N) is 1. The second-order valence-electron chi connectivity index (χ2n) is 11.2. The molecule has 0 aliphatic carbocycles. The number of benzene rings is 4. The Morgan fingerprint density at radius 3 is 2.36 bits per heavy atom. The minimum absolute atomic E-state index is 0.0805. The Morgan fingerprint density at radius 1 is 0.778 bits per heavy atom. The van der Waals surface area contributed by atoms with E-state index in [-0.39, 0.29) is 6.04 Å². The molecule has 0 bridgehead atoms. The molecule has 0 saturated carbocycles. The maximum absolute atomic E-state index is 6.25. The zero-order valence-electron chi connectivity index (χ0n) is 25.1. The summed E-state index contributed by atoms with van der Waals surface area (Å²) in [6.07, 6.45) is 15.5. The second kappa shape index (κ2) is 12.9. The number of allylic oxidation sites excluding steroid dienone is 5. The predicted molar refractivity (Wildman–Crippen MR) is 186 cm³/mol. The summed E-state index contributed by atoms with van der Waals surface area (Å²) in [5, 5.41) is 3.62. The lowest BCUT2D eigenvalue weighted by Gasteiger charge is -2.27. The first-order valence-corrected chi connectivity index (χ1v) is 15.4. The third kappa shape index (κ3) is 6.22. The summed E-state index contributed by atoms with van der Waals surface area (Å²) in [5.41, 5.74) is 9.92. The van der Waals surface area contributed by atoms with Crippen LogP contribution in [0.25, 0.3) is 5.70 Å². The van der Waals surface area contributed by atoms with Crippen molar-refractivity contribution >= 4 is 22.9 Å². The van der Waals surface area contributed by atoms with Crippen LogP contribution in [0.15, 0.2) is 180 Å². The van der Waals surface area contributed by atoms with Gasteiger partial charge < -0.3 is 15.0 Å². The molecule has 3 heterocycles. The molecule has 4 aromatic rings. The van der Waals surface area contributed by atoms with Crippen LogP contribution in [0.4, 0.5) is 11.4 Å². The average Bonchev–Trinajstić information content (AvgIpc) is 3.24. The number of anilines is 2. The smallest absolute Gasteiger partial charge is 0.133 e. The van der Waals surface area contributed by atoms with Crippen LogP contribution in [0, 0.1) is 0 Å². The highest BCUT2D eigenvalue weighted by atomic mass is 16.5. The van der Waals surface area contributed by atoms with E-state index < -0.39 is 0 Å². The SMILES string of the molecule is C=C1/C=C\C=C/CO/C2=C/CN(c3ccc(C4=CC(c5ccccc5)N=C(c5ccccc5)N4)cc3)c3ccccc3C/C=C/12. The van der Waals surface area contributed by atoms with Gasteiger partial charge in [0.25, 0.3) is 0 Å². The van der Waals surface area contributed by atoms with Crippen molar-refractivity contribution in [3.63, 3.8) is 0 Å². The van der Waals surface area contributed by atoms with Gasteiger partial charge in [-0.15, -0.1) is 0 Å². The third-order valence-corrected chi connectivity index (χ3v) is 8.28. The van der Waals surface area contributed by atoms with E-state index in [2.05, 4.69) is 126 Å². The average molecular weight is 586 g/mol. The van der Waals surface area contributed by atoms with Crippen LogP contribution in [0.2, 0.25) is 0 Å². The van der Waals surface area contributed by atoms with Crippen molar-refractivity contribution in [1.82, 2.24) is 5.32 Å². The first kappa shape index (κ1) is 28.2. The zero-order chi connectivity index (χ0) is 30.4. The number of para-hydroxylation sites is 1. The van der Waals surface area contributed by atoms with Crippen LogP contribution in [-0.4, -0.2) is 19.0 Å². The Morgan fingerprint density at radius 2 is 1.53 bits per heavy atom. The number of ether oxygens (including phenoxy) is 1. The molecule has 0 amide bonds. The van der Waals surface area contributed by atoms with Crippen molar-refractivity contribution in [2.75, 3.05) is 18.1 Å². The zero-order valence-corrected chi connectivity index (χ0v) is 25.1. The maximum Gasteiger partial charge on any atom is 0.133 e. The van der Waals surface area contributed by atoms with E-state index >= 15 is 0 Å². The summed E-state index contributed by atoms with van der Waals surface area (Å²) in [6, 6.07) is 38.2. The van der Waals surface area contributed by atoms with E-state index in [4.69, 9.17) is 9.73 Å². The van der Waals surface area contributed by atoms with Gasteiger partial charge in [-0.2, -0.15) is 0 Å². The first-order valence-electron chi connectivity index (χ1n) is 15.4. The molecule has 1 atom stereocenters. The topological polar surface area (TPSA) is 36.9 Å². The lowest BCUT2D eigenvalue weighted by molar-refractivity contribution is 0.256. The number of hydrogen-bond donors (Lipinski definition) is 1. The molecule has 0 fully saturated rings. The number of aliphatic imine (C=N–C) groups is 1. The molecular weight excluding hydrogens is 550 g/mol. The Labute approximate surface area is 265 Å². The standard InChI is InChI=1S/C41H35N3O/c1-30-13-5-4-12-28-45-40-26-27-44(39-19-11-10-16-33(39)22-25-36(30)40)35-23-20-32(21-24-35)38-29-37(31-14-6-2-7-15-31)42-41(43-38)34-17-8-3-9-18-34/h2-21,23-26,29,37H,1,22,27-28H2,(H,42,43)/b12-4-,13-5-,36-25-,40-26+. The molecule has 1 N–H and O–H groups in total. The number of nitrogens with zero attached hydrogens (tertiary/aromatic N) is 2. The van der Waals surface area contributed by atoms with Gasteiger partial charge in [0.05, 0.1) is 6.04 Å². The van der Waals surface area contributed by atoms with E-state index in [0.717, 1.165) is 57.2 Å². The monoisotopic (exact) mass is 585 g/mol. The predicted octanol–water partition coefficient (Wildman–Crippen LogP) is 9.02. The molecule has 1 unspecified atom stereocenters. The highest BCUT2D eigenvalue weighted by Crippen LogP contribution is 2.34. The highest BCUT2D eigenvalue weighted by molar-refractivity contribution is 6.04. The summed E-state index contributed by atoms with van der Waals surface area (Å²) in [6.45, 7) is 5.51. The van der Waals surface area contributed by atoms with Crippen molar-refractivity contribution < 1.29 is 4.74 Å². The molecule has 0 aromatic heterocycles. The molecule has 220 valence electrons. The highest BCUT2D eigenvalue weighted by Gasteiger charge is 2.21. The molecule has 0 saturated heterocycles. The quantitative estimate of drug-likeness (QED) is 0.260. The molecule has 4 nitrogen and oxygen atoms in total. The van der Waals surface area contributed by atoms with Gasteiger partial charge in [0.15, 0.2) is 0 Å². The lowest BCUT2D eigenvalue weighted by Crippen LogP contribution is -2.27. The summed E-state index contributed by atoms with van der Waals surface area (Å²) in [5.74, 6) is 1.73. The number of amidine groups is 1. The van der Waals surface area contributed by atoms with Gasteiger partial charge >= 0.3 is 0 Å². The Hall–Kier alpha value is -5.61. The van der Waals surface area contributed by atoms with Gasteiger partial charge in [0, 0.05) is 34.8 Å². The van der Waals surface area contributed by atoms with Crippen LogP contribution < -0.4 is 10.2 Å². The summed E-state index contributed by atoms with van der Waals surface area (Å²) < 4.78 is 6.25. The normalized spacial score (nSPS) is 21.7. The molecular formula is C41H35N3O. The van der Waals surface area contributed by atoms with Crippen LogP contribution in [0.3, 0.4) is 0 Å². The van der Waals surface area contributed by atoms with E-state index in [1.54, 1.807) is 0 Å². The van der Waals surface area contributed by atoms with Gasteiger partial charge in [-0.3, -0.25) is 4.99 Å². The van der Waals surface area contributed by atoms with Crippen LogP contribution in [-0.2, 0) is 11.2 Å². The summed E-state index contributed by atoms with van der Waals surface area (Å²) >= 11 is 0. The Kier molecular flexibility index (Phi) is 8.11. The minimum Gasteiger partial charge on any atom is -0.489 e. The van der Waals surface area contributed by atoms with Gasteiger partial charge in [-0.25, -0.2) is 0 Å². The molecule has 3 aliphatic rings. The minimum atomic E-state index is -0.0805.